The predicted octanol–water partition coefficient (Wildman–Crippen LogP) is 3.52. The predicted molar refractivity (Wildman–Crippen MR) is 89.8 cm³/mol. The van der Waals surface area contributed by atoms with E-state index in [4.69, 9.17) is 16.1 Å². The molecule has 0 fully saturated rings. The Bertz CT molecular complexity index is 756. The molecular formula is C17H18ClFN2O4. The smallest absolute Gasteiger partial charge is 0.305 e. The standard InChI is InChI=1S/C17H18ClFN2O4/c1-10-14(17(23)20-9-4-3-8-13(22)24-2)16(21-25-10)15-11(18)6-5-7-12(15)19/h5-7H,3-4,8-9H2,1-2H3,(H,20,23). The molecule has 8 heteroatoms. The highest BCUT2D eigenvalue weighted by atomic mass is 35.5. The molecule has 0 atom stereocenters. The first-order valence-electron chi connectivity index (χ1n) is 7.71. The summed E-state index contributed by atoms with van der Waals surface area (Å²) in [6.07, 6.45) is 1.47. The van der Waals surface area contributed by atoms with Gasteiger partial charge in [0.05, 0.1) is 17.7 Å². The van der Waals surface area contributed by atoms with Gasteiger partial charge in [-0.05, 0) is 31.9 Å². The number of nitrogens with zero attached hydrogens (tertiary/aromatic N) is 1. The van der Waals surface area contributed by atoms with Gasteiger partial charge in [0.15, 0.2) is 0 Å². The second-order valence-electron chi connectivity index (χ2n) is 5.35. The van der Waals surface area contributed by atoms with Crippen molar-refractivity contribution in [3.05, 3.63) is 40.4 Å². The molecule has 1 N–H and O–H groups in total. The molecule has 2 aromatic rings. The highest BCUT2D eigenvalue weighted by Crippen LogP contribution is 2.33. The number of methoxy groups -OCH3 is 1. The third-order valence-electron chi connectivity index (χ3n) is 3.61. The molecule has 0 saturated carbocycles. The number of aryl methyl sites for hydroxylation is 1. The fourth-order valence-electron chi connectivity index (χ4n) is 2.32. The van der Waals surface area contributed by atoms with E-state index < -0.39 is 11.7 Å². The van der Waals surface area contributed by atoms with Gasteiger partial charge < -0.3 is 14.6 Å². The number of ether oxygens (including phenoxy) is 1. The lowest BCUT2D eigenvalue weighted by Crippen LogP contribution is -2.25. The van der Waals surface area contributed by atoms with Crippen molar-refractivity contribution in [2.24, 2.45) is 0 Å². The molecule has 0 bridgehead atoms. The van der Waals surface area contributed by atoms with Gasteiger partial charge >= 0.3 is 5.97 Å². The lowest BCUT2D eigenvalue weighted by Gasteiger charge is -2.07. The minimum absolute atomic E-state index is 0.0249. The van der Waals surface area contributed by atoms with E-state index in [9.17, 15) is 14.0 Å². The summed E-state index contributed by atoms with van der Waals surface area (Å²) in [5, 5.41) is 6.64. The number of hydrogen-bond donors (Lipinski definition) is 1. The van der Waals surface area contributed by atoms with Crippen molar-refractivity contribution >= 4 is 23.5 Å². The van der Waals surface area contributed by atoms with Crippen molar-refractivity contribution in [2.75, 3.05) is 13.7 Å². The topological polar surface area (TPSA) is 81.4 Å². The van der Waals surface area contributed by atoms with Crippen LogP contribution < -0.4 is 5.32 Å². The maximum atomic E-state index is 14.1. The van der Waals surface area contributed by atoms with E-state index in [1.54, 1.807) is 6.92 Å². The fourth-order valence-corrected chi connectivity index (χ4v) is 2.57. The van der Waals surface area contributed by atoms with E-state index in [2.05, 4.69) is 15.2 Å². The molecule has 0 unspecified atom stereocenters. The van der Waals surface area contributed by atoms with E-state index in [0.717, 1.165) is 0 Å². The van der Waals surface area contributed by atoms with Gasteiger partial charge in [-0.15, -0.1) is 0 Å². The highest BCUT2D eigenvalue weighted by Gasteiger charge is 2.25. The van der Waals surface area contributed by atoms with E-state index >= 15 is 0 Å². The van der Waals surface area contributed by atoms with Crippen LogP contribution in [0.25, 0.3) is 11.3 Å². The number of carbonyl (C=O) groups excluding carboxylic acids is 2. The number of nitrogens with one attached hydrogen (secondary N) is 1. The van der Waals surface area contributed by atoms with Gasteiger partial charge in [0.1, 0.15) is 22.8 Å². The molecule has 1 aromatic carbocycles. The monoisotopic (exact) mass is 368 g/mol. The minimum atomic E-state index is -0.590. The van der Waals surface area contributed by atoms with Crippen LogP contribution in [-0.2, 0) is 9.53 Å². The Kier molecular flexibility index (Phi) is 6.52. The normalized spacial score (nSPS) is 10.6. The highest BCUT2D eigenvalue weighted by molar-refractivity contribution is 6.33. The molecule has 134 valence electrons. The van der Waals surface area contributed by atoms with Crippen LogP contribution >= 0.6 is 11.6 Å². The maximum Gasteiger partial charge on any atom is 0.305 e. The Hall–Kier alpha value is -2.41. The van der Waals surface area contributed by atoms with Crippen molar-refractivity contribution in [3.63, 3.8) is 0 Å². The minimum Gasteiger partial charge on any atom is -0.469 e. The van der Waals surface area contributed by atoms with E-state index in [0.29, 0.717) is 19.4 Å². The quantitative estimate of drug-likeness (QED) is 0.597. The van der Waals surface area contributed by atoms with Crippen LogP contribution in [-0.4, -0.2) is 30.7 Å². The second kappa shape index (κ2) is 8.62. The van der Waals surface area contributed by atoms with E-state index in [-0.39, 0.29) is 40.0 Å². The average Bonchev–Trinajstić information content (AvgIpc) is 2.95. The lowest BCUT2D eigenvalue weighted by atomic mass is 10.0. The zero-order chi connectivity index (χ0) is 18.4. The third-order valence-corrected chi connectivity index (χ3v) is 3.93. The molecule has 0 saturated heterocycles. The van der Waals surface area contributed by atoms with Crippen LogP contribution in [0.15, 0.2) is 22.7 Å². The zero-order valence-corrected chi connectivity index (χ0v) is 14.7. The van der Waals surface area contributed by atoms with Crippen LogP contribution in [0.4, 0.5) is 4.39 Å². The number of rotatable bonds is 7. The summed E-state index contributed by atoms with van der Waals surface area (Å²) in [7, 11) is 1.33. The molecule has 0 spiro atoms. The largest absolute Gasteiger partial charge is 0.469 e. The van der Waals surface area contributed by atoms with Gasteiger partial charge in [0.25, 0.3) is 5.91 Å². The van der Waals surface area contributed by atoms with Crippen LogP contribution in [0.5, 0.6) is 0 Å². The lowest BCUT2D eigenvalue weighted by molar-refractivity contribution is -0.140. The SMILES string of the molecule is COC(=O)CCCCNC(=O)c1c(-c2c(F)cccc2Cl)noc1C. The van der Waals surface area contributed by atoms with E-state index in [1.807, 2.05) is 0 Å². The first kappa shape index (κ1) is 18.9. The van der Waals surface area contributed by atoms with Crippen molar-refractivity contribution in [1.29, 1.82) is 0 Å². The Morgan fingerprint density at radius 3 is 2.80 bits per heavy atom. The molecule has 0 aliphatic rings. The van der Waals surface area contributed by atoms with Crippen molar-refractivity contribution < 1.29 is 23.2 Å². The number of halogens is 2. The molecule has 0 radical (unpaired) electrons. The van der Waals surface area contributed by atoms with Gasteiger partial charge in [-0.25, -0.2) is 4.39 Å². The Morgan fingerprint density at radius 2 is 2.12 bits per heavy atom. The molecule has 2 rings (SSSR count). The summed E-state index contributed by atoms with van der Waals surface area (Å²) in [5.74, 6) is -1.06. The summed E-state index contributed by atoms with van der Waals surface area (Å²) in [5.41, 5.74) is 0.226. The molecule has 6 nitrogen and oxygen atoms in total. The van der Waals surface area contributed by atoms with Crippen molar-refractivity contribution in [2.45, 2.75) is 26.2 Å². The summed E-state index contributed by atoms with van der Waals surface area (Å²) >= 11 is 6.04. The van der Waals surface area contributed by atoms with E-state index in [1.165, 1.54) is 25.3 Å². The summed E-state index contributed by atoms with van der Waals surface area (Å²) in [4.78, 5) is 23.5. The van der Waals surface area contributed by atoms with Crippen molar-refractivity contribution in [1.82, 2.24) is 10.5 Å². The fraction of sp³-hybridized carbons (Fsp3) is 0.353. The number of carbonyl (C=O) groups is 2. The van der Waals surface area contributed by atoms with Gasteiger partial charge in [0, 0.05) is 13.0 Å². The first-order chi connectivity index (χ1) is 12.0. The summed E-state index contributed by atoms with van der Waals surface area (Å²) < 4.78 is 23.7. The molecular weight excluding hydrogens is 351 g/mol. The number of aromatic nitrogens is 1. The molecule has 0 aliphatic heterocycles. The number of esters is 1. The third kappa shape index (κ3) is 4.57. The molecule has 1 heterocycles. The van der Waals surface area contributed by atoms with Crippen molar-refractivity contribution in [3.8, 4) is 11.3 Å². The zero-order valence-electron chi connectivity index (χ0n) is 13.9. The molecule has 25 heavy (non-hydrogen) atoms. The number of amides is 1. The molecule has 1 amide bonds. The van der Waals surface area contributed by atoms with Crippen LogP contribution in [0.3, 0.4) is 0 Å². The molecule has 0 aliphatic carbocycles. The van der Waals surface area contributed by atoms with Crippen LogP contribution in [0.1, 0.15) is 35.4 Å². The number of hydrogen-bond acceptors (Lipinski definition) is 5. The number of unbranched alkanes of at least 4 members (excludes halogenated alkanes) is 1. The van der Waals surface area contributed by atoms with Crippen LogP contribution in [0.2, 0.25) is 5.02 Å². The number of benzene rings is 1. The van der Waals surface area contributed by atoms with Gasteiger partial charge in [-0.3, -0.25) is 9.59 Å². The van der Waals surface area contributed by atoms with Gasteiger partial charge in [-0.2, -0.15) is 0 Å². The first-order valence-corrected chi connectivity index (χ1v) is 8.09. The summed E-state index contributed by atoms with van der Waals surface area (Å²) in [6.45, 7) is 1.92. The average molecular weight is 369 g/mol. The molecule has 1 aromatic heterocycles. The van der Waals surface area contributed by atoms with Gasteiger partial charge in [0.2, 0.25) is 0 Å². The van der Waals surface area contributed by atoms with Gasteiger partial charge in [-0.1, -0.05) is 22.8 Å². The Morgan fingerprint density at radius 1 is 1.36 bits per heavy atom. The maximum absolute atomic E-state index is 14.1. The Balaban J connectivity index is 2.08. The Labute approximate surface area is 149 Å². The second-order valence-corrected chi connectivity index (χ2v) is 5.76. The van der Waals surface area contributed by atoms with Crippen LogP contribution in [0, 0.1) is 12.7 Å². The summed E-state index contributed by atoms with van der Waals surface area (Å²) in [6, 6.07) is 4.22.